The average molecular weight is 410 g/mol. The zero-order chi connectivity index (χ0) is 21.9. The third-order valence-corrected chi connectivity index (χ3v) is 4.70. The molecule has 30 heavy (non-hydrogen) atoms. The minimum absolute atomic E-state index is 0.0396. The van der Waals surface area contributed by atoms with Crippen molar-refractivity contribution in [3.63, 3.8) is 0 Å². The second kappa shape index (κ2) is 8.18. The number of carbonyl (C=O) groups excluding carboxylic acids is 3. The van der Waals surface area contributed by atoms with Crippen molar-refractivity contribution in [1.82, 2.24) is 5.32 Å². The molecule has 0 aromatic heterocycles. The number of para-hydroxylation sites is 1. The van der Waals surface area contributed by atoms with E-state index in [4.69, 9.17) is 9.47 Å². The molecule has 1 aliphatic rings. The van der Waals surface area contributed by atoms with E-state index in [2.05, 4.69) is 10.6 Å². The normalized spacial score (nSPS) is 17.7. The summed E-state index contributed by atoms with van der Waals surface area (Å²) in [5.41, 5.74) is -0.484. The van der Waals surface area contributed by atoms with Crippen molar-refractivity contribution in [1.29, 1.82) is 0 Å². The first-order chi connectivity index (χ1) is 14.1. The largest absolute Gasteiger partial charge is 0.497 e. The number of hydrogen-bond acceptors (Lipinski definition) is 5. The van der Waals surface area contributed by atoms with E-state index >= 15 is 0 Å². The van der Waals surface area contributed by atoms with Gasteiger partial charge in [0.2, 0.25) is 11.5 Å². The first kappa shape index (κ1) is 21.4. The molecular formula is C23H26N2O5. The summed E-state index contributed by atoms with van der Waals surface area (Å²) in [4.78, 5) is 38.4. The summed E-state index contributed by atoms with van der Waals surface area (Å²) < 4.78 is 10.9. The van der Waals surface area contributed by atoms with Crippen LogP contribution in [0.15, 0.2) is 48.5 Å². The number of anilines is 1. The lowest BCUT2D eigenvalue weighted by Crippen LogP contribution is -2.48. The quantitative estimate of drug-likeness (QED) is 0.714. The van der Waals surface area contributed by atoms with Crippen molar-refractivity contribution in [2.75, 3.05) is 12.4 Å². The van der Waals surface area contributed by atoms with Gasteiger partial charge in [0.05, 0.1) is 20.0 Å². The van der Waals surface area contributed by atoms with Crippen molar-refractivity contribution < 1.29 is 23.9 Å². The highest BCUT2D eigenvalue weighted by molar-refractivity contribution is 6.08. The molecule has 3 rings (SSSR count). The van der Waals surface area contributed by atoms with Crippen LogP contribution >= 0.6 is 0 Å². The molecule has 0 bridgehead atoms. The van der Waals surface area contributed by atoms with Gasteiger partial charge in [-0.05, 0) is 44.5 Å². The molecule has 0 saturated carbocycles. The van der Waals surface area contributed by atoms with E-state index in [-0.39, 0.29) is 18.7 Å². The summed E-state index contributed by atoms with van der Waals surface area (Å²) in [5.74, 6) is -0.843. The first-order valence-electron chi connectivity index (χ1n) is 9.70. The number of hydrogen-bond donors (Lipinski definition) is 2. The summed E-state index contributed by atoms with van der Waals surface area (Å²) in [5, 5.41) is 5.56. The summed E-state index contributed by atoms with van der Waals surface area (Å²) in [6.45, 7) is 5.53. The Kier molecular flexibility index (Phi) is 5.82. The topological polar surface area (TPSA) is 93.7 Å². The van der Waals surface area contributed by atoms with Gasteiger partial charge in [0.1, 0.15) is 5.75 Å². The van der Waals surface area contributed by atoms with Gasteiger partial charge in [0.15, 0.2) is 0 Å². The van der Waals surface area contributed by atoms with Gasteiger partial charge in [-0.25, -0.2) is 0 Å². The van der Waals surface area contributed by atoms with Gasteiger partial charge in [-0.1, -0.05) is 30.3 Å². The molecule has 0 aliphatic carbocycles. The molecule has 7 nitrogen and oxygen atoms in total. The Morgan fingerprint density at radius 3 is 2.37 bits per heavy atom. The van der Waals surface area contributed by atoms with E-state index < -0.39 is 23.0 Å². The van der Waals surface area contributed by atoms with Crippen molar-refractivity contribution in [3.8, 4) is 5.75 Å². The fourth-order valence-electron chi connectivity index (χ4n) is 3.43. The highest BCUT2D eigenvalue weighted by Gasteiger charge is 2.52. The molecular weight excluding hydrogens is 384 g/mol. The predicted octanol–water partition coefficient (Wildman–Crippen LogP) is 2.93. The lowest BCUT2D eigenvalue weighted by Gasteiger charge is -2.29. The zero-order valence-corrected chi connectivity index (χ0v) is 17.6. The van der Waals surface area contributed by atoms with Crippen molar-refractivity contribution in [2.45, 2.75) is 44.8 Å². The van der Waals surface area contributed by atoms with Gasteiger partial charge in [0, 0.05) is 16.8 Å². The second-order valence-corrected chi connectivity index (χ2v) is 8.30. The first-order valence-corrected chi connectivity index (χ1v) is 9.70. The lowest BCUT2D eigenvalue weighted by atomic mass is 9.90. The molecule has 2 aromatic carbocycles. The maximum absolute atomic E-state index is 12.9. The molecule has 7 heteroatoms. The molecule has 0 fully saturated rings. The minimum atomic E-state index is -1.71. The van der Waals surface area contributed by atoms with E-state index in [1.54, 1.807) is 55.6 Å². The monoisotopic (exact) mass is 410 g/mol. The van der Waals surface area contributed by atoms with Crippen LogP contribution in [0.5, 0.6) is 5.75 Å². The molecule has 2 N–H and O–H groups in total. The fourth-order valence-corrected chi connectivity index (χ4v) is 3.43. The number of amides is 2. The molecule has 1 unspecified atom stereocenters. The van der Waals surface area contributed by atoms with Crippen LogP contribution in [0.25, 0.3) is 0 Å². The number of ether oxygens (including phenoxy) is 2. The van der Waals surface area contributed by atoms with Crippen LogP contribution in [-0.2, 0) is 31.1 Å². The molecule has 158 valence electrons. The van der Waals surface area contributed by atoms with Gasteiger partial charge in [-0.15, -0.1) is 0 Å². The van der Waals surface area contributed by atoms with Crippen LogP contribution in [0.1, 0.15) is 38.3 Å². The molecule has 2 aromatic rings. The van der Waals surface area contributed by atoms with E-state index in [1.807, 2.05) is 20.8 Å². The molecule has 2 amide bonds. The smallest absolute Gasteiger partial charge is 0.311 e. The van der Waals surface area contributed by atoms with Gasteiger partial charge < -0.3 is 20.1 Å². The Hall–Kier alpha value is -3.35. The van der Waals surface area contributed by atoms with Crippen LogP contribution in [-0.4, -0.2) is 30.4 Å². The predicted molar refractivity (Wildman–Crippen MR) is 112 cm³/mol. The van der Waals surface area contributed by atoms with Crippen LogP contribution in [0.2, 0.25) is 0 Å². The molecule has 1 aliphatic heterocycles. The lowest BCUT2D eigenvalue weighted by molar-refractivity contribution is -0.168. The number of fused-ring (bicyclic) bond motifs is 1. The average Bonchev–Trinajstić information content (AvgIpc) is 2.92. The maximum Gasteiger partial charge on any atom is 0.311 e. The van der Waals surface area contributed by atoms with Crippen molar-refractivity contribution in [2.24, 2.45) is 0 Å². The van der Waals surface area contributed by atoms with Gasteiger partial charge in [-0.2, -0.15) is 0 Å². The third kappa shape index (κ3) is 4.62. The number of rotatable bonds is 6. The van der Waals surface area contributed by atoms with Crippen LogP contribution in [0.4, 0.5) is 5.69 Å². The Labute approximate surface area is 175 Å². The summed E-state index contributed by atoms with van der Waals surface area (Å²) >= 11 is 0. The third-order valence-electron chi connectivity index (χ3n) is 4.70. The molecule has 0 radical (unpaired) electrons. The number of methoxy groups -OCH3 is 1. The second-order valence-electron chi connectivity index (χ2n) is 8.30. The Balaban J connectivity index is 1.87. The van der Waals surface area contributed by atoms with Gasteiger partial charge in [-0.3, -0.25) is 14.4 Å². The van der Waals surface area contributed by atoms with Crippen LogP contribution in [0, 0.1) is 0 Å². The molecule has 1 heterocycles. The number of nitrogens with one attached hydrogen (secondary N) is 2. The fraction of sp³-hybridized carbons (Fsp3) is 0.348. The number of benzene rings is 2. The van der Waals surface area contributed by atoms with Gasteiger partial charge >= 0.3 is 5.97 Å². The van der Waals surface area contributed by atoms with Gasteiger partial charge in [0.25, 0.3) is 5.91 Å². The van der Waals surface area contributed by atoms with E-state index in [9.17, 15) is 14.4 Å². The van der Waals surface area contributed by atoms with Crippen molar-refractivity contribution in [3.05, 3.63) is 59.7 Å². The van der Waals surface area contributed by atoms with E-state index in [0.717, 1.165) is 0 Å². The SMILES string of the molecule is COc1ccc(CC(=O)OC2(CC(=O)NC(C)(C)C)C(=O)Nc3ccccc32)cc1. The standard InChI is InChI=1S/C23H26N2O5/c1-22(2,3)25-19(26)14-23(17-7-5-6-8-18(17)24-21(23)28)30-20(27)13-15-9-11-16(29-4)12-10-15/h5-12H,13-14H2,1-4H3,(H,24,28)(H,25,26). The Morgan fingerprint density at radius 1 is 1.07 bits per heavy atom. The highest BCUT2D eigenvalue weighted by atomic mass is 16.6. The summed E-state index contributed by atoms with van der Waals surface area (Å²) in [6, 6.07) is 13.9. The van der Waals surface area contributed by atoms with Crippen LogP contribution in [0.3, 0.4) is 0 Å². The van der Waals surface area contributed by atoms with Crippen molar-refractivity contribution >= 4 is 23.5 Å². The molecule has 0 saturated heterocycles. The van der Waals surface area contributed by atoms with E-state index in [1.165, 1.54) is 0 Å². The zero-order valence-electron chi connectivity index (χ0n) is 17.6. The maximum atomic E-state index is 12.9. The minimum Gasteiger partial charge on any atom is -0.497 e. The summed E-state index contributed by atoms with van der Waals surface area (Å²) in [6.07, 6.45) is -0.344. The van der Waals surface area contributed by atoms with Crippen LogP contribution < -0.4 is 15.4 Å². The Bertz CT molecular complexity index is 962. The van der Waals surface area contributed by atoms with E-state index in [0.29, 0.717) is 22.6 Å². The number of esters is 1. The highest BCUT2D eigenvalue weighted by Crippen LogP contribution is 2.41. The summed E-state index contributed by atoms with van der Waals surface area (Å²) in [7, 11) is 1.56. The number of carbonyl (C=O) groups is 3. The molecule has 1 atom stereocenters. The molecule has 0 spiro atoms. The Morgan fingerprint density at radius 2 is 1.73 bits per heavy atom.